The molecular weight excluding hydrogens is 382 g/mol. The first-order valence-corrected chi connectivity index (χ1v) is 10.8. The van der Waals surface area contributed by atoms with Crippen molar-refractivity contribution in [2.75, 3.05) is 4.90 Å². The summed E-state index contributed by atoms with van der Waals surface area (Å²) in [6.45, 7) is 4.73. The van der Waals surface area contributed by atoms with Gasteiger partial charge in [-0.1, -0.05) is 33.1 Å². The van der Waals surface area contributed by atoms with Gasteiger partial charge in [-0.3, -0.25) is 9.59 Å². The summed E-state index contributed by atoms with van der Waals surface area (Å²) >= 11 is 0. The lowest BCUT2D eigenvalue weighted by atomic mass is 9.89. The molecule has 2 aliphatic rings. The maximum atomic E-state index is 13.1. The van der Waals surface area contributed by atoms with Gasteiger partial charge in [0.15, 0.2) is 0 Å². The van der Waals surface area contributed by atoms with Gasteiger partial charge in [0, 0.05) is 12.1 Å². The van der Waals surface area contributed by atoms with Crippen LogP contribution in [0.2, 0.25) is 0 Å². The fraction of sp³-hybridized carbons (Fsp3) is 0.545. The highest BCUT2D eigenvalue weighted by Gasteiger charge is 2.42. The number of amides is 4. The normalized spacial score (nSPS) is 20.4. The van der Waals surface area contributed by atoms with Crippen molar-refractivity contribution in [2.24, 2.45) is 17.6 Å². The predicted molar refractivity (Wildman–Crippen MR) is 114 cm³/mol. The molecule has 0 radical (unpaired) electrons. The molecular formula is C22H29N5O3. The third kappa shape index (κ3) is 3.78. The summed E-state index contributed by atoms with van der Waals surface area (Å²) in [5.41, 5.74) is 7.14. The smallest absolute Gasteiger partial charge is 0.331 e. The number of imide groups is 1. The van der Waals surface area contributed by atoms with E-state index >= 15 is 0 Å². The third-order valence-corrected chi connectivity index (χ3v) is 6.10. The Morgan fingerprint density at radius 2 is 1.97 bits per heavy atom. The van der Waals surface area contributed by atoms with Crippen LogP contribution in [0.25, 0.3) is 11.0 Å². The Morgan fingerprint density at radius 3 is 2.63 bits per heavy atom. The molecule has 2 heterocycles. The second-order valence-corrected chi connectivity index (χ2v) is 8.90. The van der Waals surface area contributed by atoms with E-state index in [0.717, 1.165) is 18.4 Å². The maximum Gasteiger partial charge on any atom is 0.331 e. The Kier molecular flexibility index (Phi) is 5.49. The first-order chi connectivity index (χ1) is 14.3. The van der Waals surface area contributed by atoms with E-state index in [1.165, 1.54) is 24.2 Å². The Morgan fingerprint density at radius 1 is 1.23 bits per heavy atom. The number of nitrogens with one attached hydrogen (secondary N) is 1. The van der Waals surface area contributed by atoms with Gasteiger partial charge in [-0.25, -0.2) is 9.78 Å². The van der Waals surface area contributed by atoms with Crippen LogP contribution in [-0.2, 0) is 11.3 Å². The molecule has 4 rings (SSSR count). The van der Waals surface area contributed by atoms with Gasteiger partial charge in [0.05, 0.1) is 11.0 Å². The van der Waals surface area contributed by atoms with E-state index < -0.39 is 18.0 Å². The van der Waals surface area contributed by atoms with Crippen molar-refractivity contribution in [3.05, 3.63) is 23.8 Å². The number of nitrogens with two attached hydrogens (primary N) is 1. The minimum absolute atomic E-state index is 0.274. The lowest BCUT2D eigenvalue weighted by Gasteiger charge is -2.24. The molecule has 0 spiro atoms. The third-order valence-electron chi connectivity index (χ3n) is 6.10. The molecule has 1 aliphatic carbocycles. The van der Waals surface area contributed by atoms with E-state index in [9.17, 15) is 14.4 Å². The monoisotopic (exact) mass is 411 g/mol. The molecule has 1 atom stereocenters. The zero-order chi connectivity index (χ0) is 21.4. The summed E-state index contributed by atoms with van der Waals surface area (Å²) in [4.78, 5) is 43.2. The van der Waals surface area contributed by atoms with Crippen LogP contribution in [0.4, 0.5) is 10.7 Å². The highest BCUT2D eigenvalue weighted by molar-refractivity contribution is 6.21. The summed E-state index contributed by atoms with van der Waals surface area (Å²) in [5, 5.41) is 2.80. The number of anilines is 1. The molecule has 1 aromatic carbocycles. The van der Waals surface area contributed by atoms with E-state index in [1.807, 2.05) is 18.4 Å². The lowest BCUT2D eigenvalue weighted by molar-refractivity contribution is -0.118. The maximum absolute atomic E-state index is 13.1. The molecule has 0 unspecified atom stereocenters. The van der Waals surface area contributed by atoms with Gasteiger partial charge >= 0.3 is 6.03 Å². The second kappa shape index (κ2) is 8.08. The summed E-state index contributed by atoms with van der Waals surface area (Å²) in [7, 11) is 0. The number of urea groups is 1. The molecule has 8 nitrogen and oxygen atoms in total. The molecule has 1 saturated heterocycles. The molecule has 2 fully saturated rings. The standard InChI is InChI=1S/C22H29N5O3/c1-13(2)10-17-20(29)27(22(30)25-17)21-24-16-11-15(19(23)28)8-9-18(16)26(21)12-14-6-4-3-5-7-14/h8-9,11,13-14,17H,3-7,10,12H2,1-2H3,(H2,23,28)(H,25,30)/t17-/m0/s1. The number of primary amides is 1. The first-order valence-electron chi connectivity index (χ1n) is 10.8. The van der Waals surface area contributed by atoms with E-state index in [1.54, 1.807) is 18.2 Å². The fourth-order valence-corrected chi connectivity index (χ4v) is 4.60. The quantitative estimate of drug-likeness (QED) is 0.711. The summed E-state index contributed by atoms with van der Waals surface area (Å²) in [5.74, 6) is 0.263. The summed E-state index contributed by atoms with van der Waals surface area (Å²) in [6.07, 6.45) is 6.45. The van der Waals surface area contributed by atoms with Crippen LogP contribution < -0.4 is 16.0 Å². The average molecular weight is 412 g/mol. The predicted octanol–water partition coefficient (Wildman–Crippen LogP) is 3.19. The molecule has 4 amide bonds. The number of hydrogen-bond acceptors (Lipinski definition) is 4. The number of aromatic nitrogens is 2. The largest absolute Gasteiger partial charge is 0.366 e. The van der Waals surface area contributed by atoms with Crippen LogP contribution in [0.15, 0.2) is 18.2 Å². The number of carbonyl (C=O) groups is 3. The van der Waals surface area contributed by atoms with Crippen molar-refractivity contribution in [2.45, 2.75) is 65.0 Å². The van der Waals surface area contributed by atoms with Crippen molar-refractivity contribution in [1.29, 1.82) is 0 Å². The second-order valence-electron chi connectivity index (χ2n) is 8.90. The van der Waals surface area contributed by atoms with Crippen molar-refractivity contribution in [3.63, 3.8) is 0 Å². The molecule has 1 aromatic heterocycles. The SMILES string of the molecule is CC(C)C[C@@H]1NC(=O)N(c2nc3cc(C(N)=O)ccc3n2CC2CCCCC2)C1=O. The van der Waals surface area contributed by atoms with E-state index in [2.05, 4.69) is 10.3 Å². The van der Waals surface area contributed by atoms with Gasteiger partial charge in [0.2, 0.25) is 11.9 Å². The first kappa shape index (κ1) is 20.4. The average Bonchev–Trinajstić information content (AvgIpc) is 3.18. The van der Waals surface area contributed by atoms with Crippen LogP contribution >= 0.6 is 0 Å². The van der Waals surface area contributed by atoms with Crippen LogP contribution in [0.1, 0.15) is 62.7 Å². The van der Waals surface area contributed by atoms with Crippen molar-refractivity contribution in [3.8, 4) is 0 Å². The molecule has 8 heteroatoms. The van der Waals surface area contributed by atoms with Gasteiger partial charge in [-0.15, -0.1) is 0 Å². The number of imidazole rings is 1. The number of hydrogen-bond donors (Lipinski definition) is 2. The Hall–Kier alpha value is -2.90. The van der Waals surface area contributed by atoms with Gasteiger partial charge < -0.3 is 15.6 Å². The Labute approximate surface area is 175 Å². The highest BCUT2D eigenvalue weighted by atomic mass is 16.2. The fourth-order valence-electron chi connectivity index (χ4n) is 4.60. The zero-order valence-corrected chi connectivity index (χ0v) is 17.6. The number of carbonyl (C=O) groups excluding carboxylic acids is 3. The summed E-state index contributed by atoms with van der Waals surface area (Å²) < 4.78 is 1.96. The molecule has 0 bridgehead atoms. The molecule has 1 saturated carbocycles. The molecule has 1 aliphatic heterocycles. The molecule has 3 N–H and O–H groups in total. The number of benzene rings is 1. The van der Waals surface area contributed by atoms with Crippen LogP contribution in [0.5, 0.6) is 0 Å². The van der Waals surface area contributed by atoms with Gasteiger partial charge in [-0.05, 0) is 49.3 Å². The van der Waals surface area contributed by atoms with Gasteiger partial charge in [0.25, 0.3) is 5.91 Å². The minimum Gasteiger partial charge on any atom is -0.366 e. The van der Waals surface area contributed by atoms with E-state index in [4.69, 9.17) is 5.73 Å². The lowest BCUT2D eigenvalue weighted by Crippen LogP contribution is -2.34. The molecule has 160 valence electrons. The van der Waals surface area contributed by atoms with Crippen LogP contribution in [0, 0.1) is 11.8 Å². The van der Waals surface area contributed by atoms with E-state index in [0.29, 0.717) is 35.9 Å². The van der Waals surface area contributed by atoms with Gasteiger partial charge in [-0.2, -0.15) is 4.90 Å². The Balaban J connectivity index is 1.77. The van der Waals surface area contributed by atoms with Crippen molar-refractivity contribution >= 4 is 34.8 Å². The zero-order valence-electron chi connectivity index (χ0n) is 17.6. The van der Waals surface area contributed by atoms with Crippen molar-refractivity contribution in [1.82, 2.24) is 14.9 Å². The van der Waals surface area contributed by atoms with Crippen molar-refractivity contribution < 1.29 is 14.4 Å². The van der Waals surface area contributed by atoms with Crippen LogP contribution in [-0.4, -0.2) is 33.4 Å². The molecule has 2 aromatic rings. The number of nitrogens with zero attached hydrogens (tertiary/aromatic N) is 3. The Bertz CT molecular complexity index is 990. The summed E-state index contributed by atoms with van der Waals surface area (Å²) in [6, 6.07) is 4.12. The number of rotatable bonds is 6. The van der Waals surface area contributed by atoms with Gasteiger partial charge in [0.1, 0.15) is 6.04 Å². The highest BCUT2D eigenvalue weighted by Crippen LogP contribution is 2.32. The topological polar surface area (TPSA) is 110 Å². The minimum atomic E-state index is -0.540. The van der Waals surface area contributed by atoms with Crippen LogP contribution in [0.3, 0.4) is 0 Å². The van der Waals surface area contributed by atoms with E-state index in [-0.39, 0.29) is 11.8 Å². The molecule has 30 heavy (non-hydrogen) atoms. The number of fused-ring (bicyclic) bond motifs is 1.